The molecule has 0 atom stereocenters. The van der Waals surface area contributed by atoms with Crippen molar-refractivity contribution in [1.29, 1.82) is 0 Å². The monoisotopic (exact) mass is 512 g/mol. The fourth-order valence-corrected chi connectivity index (χ4v) is 2.99. The Bertz CT molecular complexity index is 1250. The van der Waals surface area contributed by atoms with Gasteiger partial charge in [0.15, 0.2) is 0 Å². The van der Waals surface area contributed by atoms with Crippen LogP contribution in [-0.2, 0) is 0 Å². The maximum Gasteiger partial charge on any atom is 0.344 e. The molecule has 0 aliphatic rings. The van der Waals surface area contributed by atoms with Gasteiger partial charge in [0.1, 0.15) is 5.75 Å². The number of nitrogens with zero attached hydrogens (tertiary/aromatic N) is 3. The van der Waals surface area contributed by atoms with E-state index in [0.717, 1.165) is 18.2 Å². The summed E-state index contributed by atoms with van der Waals surface area (Å²) >= 11 is 3.28. The Kier molecular flexibility index (Phi) is 7.20. The molecule has 0 fully saturated rings. The maximum atomic E-state index is 12.6. The summed E-state index contributed by atoms with van der Waals surface area (Å²) < 4.78 is 5.90. The summed E-state index contributed by atoms with van der Waals surface area (Å²) in [6.07, 6.45) is 1.24. The van der Waals surface area contributed by atoms with Gasteiger partial charge in [0.05, 0.1) is 27.7 Å². The van der Waals surface area contributed by atoms with Crippen molar-refractivity contribution in [2.24, 2.45) is 5.10 Å². The molecule has 11 nitrogen and oxygen atoms in total. The zero-order chi connectivity index (χ0) is 24.0. The number of nitrogens with one attached hydrogen (secondary N) is 1. The number of nitro benzene ring substituents is 2. The van der Waals surface area contributed by atoms with E-state index in [1.54, 1.807) is 42.5 Å². The van der Waals surface area contributed by atoms with Gasteiger partial charge in [0, 0.05) is 27.7 Å². The number of nitro groups is 2. The standard InChI is InChI=1S/C21H13BrN4O7/c22-16-6-7-19(15(8-16)12-23-24-20(27)13-4-2-1-3-5-13)33-21(28)14-9-17(25(29)30)11-18(10-14)26(31)32/h1-12H,(H,24,27). The number of halogens is 1. The van der Waals surface area contributed by atoms with Crippen LogP contribution in [0.2, 0.25) is 0 Å². The molecule has 0 aromatic heterocycles. The highest BCUT2D eigenvalue weighted by Gasteiger charge is 2.21. The van der Waals surface area contributed by atoms with E-state index in [-0.39, 0.29) is 16.9 Å². The Morgan fingerprint density at radius 3 is 2.15 bits per heavy atom. The first-order valence-electron chi connectivity index (χ1n) is 9.08. The predicted molar refractivity (Wildman–Crippen MR) is 120 cm³/mol. The molecule has 1 amide bonds. The van der Waals surface area contributed by atoms with Crippen LogP contribution in [0.4, 0.5) is 11.4 Å². The quantitative estimate of drug-likeness (QED) is 0.163. The molecule has 0 unspecified atom stereocenters. The van der Waals surface area contributed by atoms with Crippen molar-refractivity contribution < 1.29 is 24.2 Å². The summed E-state index contributed by atoms with van der Waals surface area (Å²) in [5.41, 5.74) is 1.39. The smallest absolute Gasteiger partial charge is 0.344 e. The average Bonchev–Trinajstić information content (AvgIpc) is 2.80. The van der Waals surface area contributed by atoms with Gasteiger partial charge in [-0.05, 0) is 30.3 Å². The van der Waals surface area contributed by atoms with E-state index in [9.17, 15) is 29.8 Å². The second-order valence-corrected chi connectivity index (χ2v) is 7.30. The van der Waals surface area contributed by atoms with Crippen LogP contribution in [-0.4, -0.2) is 27.9 Å². The van der Waals surface area contributed by atoms with Gasteiger partial charge >= 0.3 is 5.97 Å². The Labute approximate surface area is 194 Å². The molecule has 0 bridgehead atoms. The summed E-state index contributed by atoms with van der Waals surface area (Å²) in [4.78, 5) is 45.1. The molecule has 0 saturated heterocycles. The van der Waals surface area contributed by atoms with Gasteiger partial charge in [0.25, 0.3) is 17.3 Å². The molecule has 33 heavy (non-hydrogen) atoms. The van der Waals surface area contributed by atoms with Crippen molar-refractivity contribution in [1.82, 2.24) is 5.43 Å². The van der Waals surface area contributed by atoms with Crippen LogP contribution in [0.5, 0.6) is 5.75 Å². The van der Waals surface area contributed by atoms with Crippen LogP contribution in [0.1, 0.15) is 26.3 Å². The lowest BCUT2D eigenvalue weighted by molar-refractivity contribution is -0.394. The van der Waals surface area contributed by atoms with Gasteiger partial charge < -0.3 is 4.74 Å². The maximum absolute atomic E-state index is 12.6. The minimum atomic E-state index is -1.05. The second kappa shape index (κ2) is 10.2. The van der Waals surface area contributed by atoms with E-state index >= 15 is 0 Å². The molecule has 0 radical (unpaired) electrons. The number of ether oxygens (including phenoxy) is 1. The minimum Gasteiger partial charge on any atom is -0.422 e. The molecule has 0 aliphatic heterocycles. The van der Waals surface area contributed by atoms with Crippen molar-refractivity contribution in [3.05, 3.63) is 108 Å². The second-order valence-electron chi connectivity index (χ2n) is 6.39. The molecule has 3 rings (SSSR count). The minimum absolute atomic E-state index is 0.00932. The number of hydrazone groups is 1. The van der Waals surface area contributed by atoms with Crippen LogP contribution in [0.25, 0.3) is 0 Å². The van der Waals surface area contributed by atoms with Gasteiger partial charge in [-0.1, -0.05) is 34.1 Å². The van der Waals surface area contributed by atoms with E-state index in [4.69, 9.17) is 4.74 Å². The number of carbonyl (C=O) groups excluding carboxylic acids is 2. The number of hydrogen-bond donors (Lipinski definition) is 1. The Morgan fingerprint density at radius 2 is 1.55 bits per heavy atom. The van der Waals surface area contributed by atoms with Gasteiger partial charge in [-0.15, -0.1) is 0 Å². The molecule has 1 N–H and O–H groups in total. The number of benzene rings is 3. The van der Waals surface area contributed by atoms with Gasteiger partial charge in [0.2, 0.25) is 0 Å². The molecule has 166 valence electrons. The van der Waals surface area contributed by atoms with E-state index in [2.05, 4.69) is 26.5 Å². The number of amides is 1. The molecule has 3 aromatic rings. The molecule has 0 saturated carbocycles. The Hall–Kier alpha value is -4.45. The SMILES string of the molecule is O=C(NN=Cc1cc(Br)ccc1OC(=O)c1cc([N+](=O)[O-])cc([N+](=O)[O-])c1)c1ccccc1. The fourth-order valence-electron chi connectivity index (χ4n) is 2.61. The Morgan fingerprint density at radius 1 is 0.909 bits per heavy atom. The van der Waals surface area contributed by atoms with Gasteiger partial charge in [-0.25, -0.2) is 10.2 Å². The van der Waals surface area contributed by atoms with Crippen molar-refractivity contribution in [3.63, 3.8) is 0 Å². The summed E-state index contributed by atoms with van der Waals surface area (Å²) in [6.45, 7) is 0. The summed E-state index contributed by atoms with van der Waals surface area (Å²) in [5, 5.41) is 26.0. The van der Waals surface area contributed by atoms with E-state index in [0.29, 0.717) is 10.0 Å². The summed E-state index contributed by atoms with van der Waals surface area (Å²) in [6, 6.07) is 15.4. The number of rotatable bonds is 7. The third-order valence-corrected chi connectivity index (χ3v) is 4.63. The third kappa shape index (κ3) is 6.04. The Balaban J connectivity index is 1.83. The van der Waals surface area contributed by atoms with E-state index in [1.807, 2.05) is 0 Å². The predicted octanol–water partition coefficient (Wildman–Crippen LogP) is 4.25. The molecule has 3 aromatic carbocycles. The number of esters is 1. The topological polar surface area (TPSA) is 154 Å². The lowest BCUT2D eigenvalue weighted by atomic mass is 10.1. The van der Waals surface area contributed by atoms with Crippen molar-refractivity contribution in [2.45, 2.75) is 0 Å². The molecular formula is C21H13BrN4O7. The number of hydrogen-bond acceptors (Lipinski definition) is 8. The average molecular weight is 513 g/mol. The summed E-state index contributed by atoms with van der Waals surface area (Å²) in [7, 11) is 0. The first-order valence-corrected chi connectivity index (χ1v) is 9.88. The third-order valence-electron chi connectivity index (χ3n) is 4.14. The molecule has 12 heteroatoms. The fraction of sp³-hybridized carbons (Fsp3) is 0. The molecule has 0 heterocycles. The molecule has 0 aliphatic carbocycles. The van der Waals surface area contributed by atoms with Crippen LogP contribution in [0, 0.1) is 20.2 Å². The van der Waals surface area contributed by atoms with Crippen molar-refractivity contribution in [3.8, 4) is 5.75 Å². The first-order chi connectivity index (χ1) is 15.7. The lowest BCUT2D eigenvalue weighted by Gasteiger charge is -2.08. The highest BCUT2D eigenvalue weighted by atomic mass is 79.9. The highest BCUT2D eigenvalue weighted by Crippen LogP contribution is 2.26. The van der Waals surface area contributed by atoms with E-state index in [1.165, 1.54) is 12.3 Å². The highest BCUT2D eigenvalue weighted by molar-refractivity contribution is 9.10. The number of carbonyl (C=O) groups is 2. The largest absolute Gasteiger partial charge is 0.422 e. The number of non-ortho nitro benzene ring substituents is 2. The van der Waals surface area contributed by atoms with Crippen molar-refractivity contribution in [2.75, 3.05) is 0 Å². The zero-order valence-electron chi connectivity index (χ0n) is 16.5. The molecular weight excluding hydrogens is 500 g/mol. The van der Waals surface area contributed by atoms with Crippen LogP contribution < -0.4 is 10.2 Å². The normalized spacial score (nSPS) is 10.6. The van der Waals surface area contributed by atoms with Gasteiger partial charge in [-0.2, -0.15) is 5.10 Å². The first kappa shape index (κ1) is 23.2. The molecule has 0 spiro atoms. The summed E-state index contributed by atoms with van der Waals surface area (Å²) in [5.74, 6) is -1.49. The van der Waals surface area contributed by atoms with Gasteiger partial charge in [-0.3, -0.25) is 25.0 Å². The van der Waals surface area contributed by atoms with Crippen molar-refractivity contribution >= 4 is 45.4 Å². The van der Waals surface area contributed by atoms with Crippen LogP contribution >= 0.6 is 15.9 Å². The van der Waals surface area contributed by atoms with Crippen LogP contribution in [0.15, 0.2) is 76.3 Å². The van der Waals surface area contributed by atoms with Crippen LogP contribution in [0.3, 0.4) is 0 Å². The van der Waals surface area contributed by atoms with E-state index < -0.39 is 33.1 Å². The lowest BCUT2D eigenvalue weighted by Crippen LogP contribution is -2.17. The zero-order valence-corrected chi connectivity index (χ0v) is 18.1.